The molecule has 0 radical (unpaired) electrons. The number of amides is 1. The Balaban J connectivity index is 3.26. The first-order valence-corrected chi connectivity index (χ1v) is 7.83. The highest BCUT2D eigenvalue weighted by molar-refractivity contribution is 6.32. The van der Waals surface area contributed by atoms with Gasteiger partial charge in [-0.3, -0.25) is 9.63 Å². The van der Waals surface area contributed by atoms with Gasteiger partial charge in [-0.25, -0.2) is 0 Å². The molecule has 0 aliphatic carbocycles. The number of hydrogen-bond acceptors (Lipinski definition) is 2. The van der Waals surface area contributed by atoms with Crippen molar-refractivity contribution in [3.63, 3.8) is 0 Å². The summed E-state index contributed by atoms with van der Waals surface area (Å²) in [6, 6.07) is 6.05. The Morgan fingerprint density at radius 3 is 2.33 bits per heavy atom. The molecule has 21 heavy (non-hydrogen) atoms. The number of para-hydroxylation sites is 1. The normalized spacial score (nSPS) is 12.6. The highest BCUT2D eigenvalue weighted by Crippen LogP contribution is 2.28. The van der Waals surface area contributed by atoms with Crippen LogP contribution in [-0.4, -0.2) is 17.9 Å². The van der Waals surface area contributed by atoms with E-state index in [4.69, 9.17) is 16.4 Å². The number of allylic oxidation sites excluding steroid dienone is 1. The van der Waals surface area contributed by atoms with E-state index in [1.54, 1.807) is 6.92 Å². The second-order valence-corrected chi connectivity index (χ2v) is 5.40. The number of hydrogen-bond donors (Lipinski definition) is 0. The Hall–Kier alpha value is -1.32. The largest absolute Gasteiger partial charge is 0.270 e. The van der Waals surface area contributed by atoms with Crippen LogP contribution in [0.3, 0.4) is 0 Å². The van der Waals surface area contributed by atoms with Crippen LogP contribution in [0.2, 0.25) is 0 Å². The van der Waals surface area contributed by atoms with Gasteiger partial charge in [0, 0.05) is 0 Å². The topological polar surface area (TPSA) is 29.5 Å². The van der Waals surface area contributed by atoms with Crippen molar-refractivity contribution >= 4 is 23.2 Å². The van der Waals surface area contributed by atoms with Crippen LogP contribution in [0.25, 0.3) is 0 Å². The van der Waals surface area contributed by atoms with Crippen LogP contribution < -0.4 is 5.06 Å². The van der Waals surface area contributed by atoms with Crippen molar-refractivity contribution in [3.8, 4) is 0 Å². The van der Waals surface area contributed by atoms with Gasteiger partial charge in [-0.2, -0.15) is 5.06 Å². The molecule has 0 aromatic heterocycles. The summed E-state index contributed by atoms with van der Waals surface area (Å²) in [6.45, 7) is 8.05. The zero-order chi connectivity index (χ0) is 15.8. The SMILES string of the molecule is C/C=C\CON(C(=O)C(C)Cl)c1c(CC)cccc1CC. The van der Waals surface area contributed by atoms with Crippen LogP contribution in [0, 0.1) is 0 Å². The first kappa shape index (κ1) is 17.7. The van der Waals surface area contributed by atoms with Gasteiger partial charge >= 0.3 is 0 Å². The van der Waals surface area contributed by atoms with E-state index in [1.807, 2.05) is 37.3 Å². The third kappa shape index (κ3) is 4.58. The van der Waals surface area contributed by atoms with Crippen LogP contribution in [0.1, 0.15) is 38.8 Å². The first-order valence-electron chi connectivity index (χ1n) is 7.39. The summed E-state index contributed by atoms with van der Waals surface area (Å²) in [6.07, 6.45) is 5.41. The predicted molar refractivity (Wildman–Crippen MR) is 88.8 cm³/mol. The molecule has 1 aromatic rings. The van der Waals surface area contributed by atoms with Crippen LogP contribution in [-0.2, 0) is 22.5 Å². The molecule has 4 heteroatoms. The molecule has 0 N–H and O–H groups in total. The Morgan fingerprint density at radius 1 is 1.33 bits per heavy atom. The number of halogens is 1. The number of carbonyl (C=O) groups excluding carboxylic acids is 1. The van der Waals surface area contributed by atoms with Gasteiger partial charge in [-0.05, 0) is 37.8 Å². The number of carbonyl (C=O) groups is 1. The van der Waals surface area contributed by atoms with E-state index >= 15 is 0 Å². The van der Waals surface area contributed by atoms with Gasteiger partial charge in [0.15, 0.2) is 0 Å². The minimum absolute atomic E-state index is 0.239. The minimum atomic E-state index is -0.634. The molecule has 1 atom stereocenters. The van der Waals surface area contributed by atoms with Crippen molar-refractivity contribution in [3.05, 3.63) is 41.5 Å². The molecule has 1 unspecified atom stereocenters. The van der Waals surface area contributed by atoms with E-state index < -0.39 is 5.38 Å². The van der Waals surface area contributed by atoms with Gasteiger partial charge < -0.3 is 0 Å². The average Bonchev–Trinajstić information content (AvgIpc) is 2.50. The summed E-state index contributed by atoms with van der Waals surface area (Å²) in [4.78, 5) is 18.1. The fourth-order valence-electron chi connectivity index (χ4n) is 2.09. The van der Waals surface area contributed by atoms with Crippen molar-refractivity contribution in [2.45, 2.75) is 45.9 Å². The summed E-state index contributed by atoms with van der Waals surface area (Å²) in [5.74, 6) is -0.239. The number of rotatable bonds is 7. The van der Waals surface area contributed by atoms with Gasteiger partial charge in [0.2, 0.25) is 0 Å². The maximum Gasteiger partial charge on any atom is 0.268 e. The molecule has 1 aromatic carbocycles. The molecule has 0 fully saturated rings. The second kappa shape index (κ2) is 8.85. The molecule has 0 aliphatic heterocycles. The molecule has 3 nitrogen and oxygen atoms in total. The summed E-state index contributed by atoms with van der Waals surface area (Å²) >= 11 is 5.99. The fraction of sp³-hybridized carbons (Fsp3) is 0.471. The molecule has 0 heterocycles. The Morgan fingerprint density at radius 2 is 1.90 bits per heavy atom. The van der Waals surface area contributed by atoms with E-state index in [0.29, 0.717) is 6.61 Å². The highest BCUT2D eigenvalue weighted by atomic mass is 35.5. The third-order valence-electron chi connectivity index (χ3n) is 3.24. The van der Waals surface area contributed by atoms with Crippen molar-refractivity contribution in [1.29, 1.82) is 0 Å². The Bertz CT molecular complexity index is 475. The third-order valence-corrected chi connectivity index (χ3v) is 3.43. The minimum Gasteiger partial charge on any atom is -0.270 e. The molecule has 0 saturated heterocycles. The molecule has 116 valence electrons. The van der Waals surface area contributed by atoms with Crippen molar-refractivity contribution in [2.24, 2.45) is 0 Å². The smallest absolute Gasteiger partial charge is 0.268 e. The summed E-state index contributed by atoms with van der Waals surface area (Å²) < 4.78 is 0. The second-order valence-electron chi connectivity index (χ2n) is 4.75. The van der Waals surface area contributed by atoms with Crippen molar-refractivity contribution in [1.82, 2.24) is 0 Å². The average molecular weight is 310 g/mol. The van der Waals surface area contributed by atoms with Gasteiger partial charge in [0.05, 0.1) is 12.3 Å². The summed E-state index contributed by atoms with van der Waals surface area (Å²) in [5, 5.41) is 0.736. The monoisotopic (exact) mass is 309 g/mol. The fourth-order valence-corrected chi connectivity index (χ4v) is 2.18. The van der Waals surface area contributed by atoms with Gasteiger partial charge in [-0.15, -0.1) is 11.6 Å². The lowest BCUT2D eigenvalue weighted by Crippen LogP contribution is -2.37. The zero-order valence-electron chi connectivity index (χ0n) is 13.2. The van der Waals surface area contributed by atoms with Crippen molar-refractivity contribution in [2.75, 3.05) is 11.7 Å². The van der Waals surface area contributed by atoms with E-state index in [9.17, 15) is 4.79 Å². The molecule has 0 aliphatic rings. The summed E-state index contributed by atoms with van der Waals surface area (Å²) in [7, 11) is 0. The zero-order valence-corrected chi connectivity index (χ0v) is 14.0. The summed E-state index contributed by atoms with van der Waals surface area (Å²) in [5.41, 5.74) is 3.01. The quantitative estimate of drug-likeness (QED) is 0.427. The molecule has 0 spiro atoms. The molecule has 1 rings (SSSR count). The molecule has 0 saturated carbocycles. The number of alkyl halides is 1. The predicted octanol–water partition coefficient (Wildman–Crippen LogP) is 4.28. The molecule has 1 amide bonds. The van der Waals surface area contributed by atoms with Crippen LogP contribution in [0.4, 0.5) is 5.69 Å². The van der Waals surface area contributed by atoms with Gasteiger partial charge in [0.25, 0.3) is 5.91 Å². The van der Waals surface area contributed by atoms with E-state index in [-0.39, 0.29) is 5.91 Å². The van der Waals surface area contributed by atoms with E-state index in [2.05, 4.69) is 13.8 Å². The van der Waals surface area contributed by atoms with Gasteiger partial charge in [-0.1, -0.05) is 44.2 Å². The Kier molecular flexibility index (Phi) is 7.48. The van der Waals surface area contributed by atoms with Crippen LogP contribution >= 0.6 is 11.6 Å². The lowest BCUT2D eigenvalue weighted by molar-refractivity contribution is -0.124. The maximum absolute atomic E-state index is 12.4. The van der Waals surface area contributed by atoms with E-state index in [1.165, 1.54) is 5.06 Å². The number of anilines is 1. The number of benzene rings is 1. The standard InChI is InChI=1S/C17H24ClNO2/c1-5-8-12-21-19(17(20)13(4)18)16-14(6-2)10-9-11-15(16)7-3/h5,8-11,13H,6-7,12H2,1-4H3/b8-5-. The molecular formula is C17H24ClNO2. The molecular weight excluding hydrogens is 286 g/mol. The number of nitrogens with zero attached hydrogens (tertiary/aromatic N) is 1. The van der Waals surface area contributed by atoms with Crippen LogP contribution in [0.15, 0.2) is 30.4 Å². The maximum atomic E-state index is 12.4. The lowest BCUT2D eigenvalue weighted by Gasteiger charge is -2.27. The Labute approximate surface area is 132 Å². The van der Waals surface area contributed by atoms with Gasteiger partial charge in [0.1, 0.15) is 5.38 Å². The van der Waals surface area contributed by atoms with E-state index in [0.717, 1.165) is 29.7 Å². The number of aryl methyl sites for hydroxylation is 2. The highest BCUT2D eigenvalue weighted by Gasteiger charge is 2.25. The van der Waals surface area contributed by atoms with Crippen LogP contribution in [0.5, 0.6) is 0 Å². The first-order chi connectivity index (χ1) is 10.1. The molecule has 0 bridgehead atoms. The van der Waals surface area contributed by atoms with Crippen molar-refractivity contribution < 1.29 is 9.63 Å². The number of hydroxylamine groups is 1. The lowest BCUT2D eigenvalue weighted by atomic mass is 10.0.